The molecule has 3 aromatic carbocycles. The Morgan fingerprint density at radius 2 is 1.53 bits per heavy atom. The van der Waals surface area contributed by atoms with Gasteiger partial charge in [0.2, 0.25) is 5.43 Å². The number of hydrogen-bond acceptors (Lipinski definition) is 7. The van der Waals surface area contributed by atoms with E-state index < -0.39 is 38.3 Å². The molecule has 4 rings (SSSR count). The van der Waals surface area contributed by atoms with Crippen molar-refractivity contribution in [1.29, 1.82) is 0 Å². The second-order valence-electron chi connectivity index (χ2n) is 8.83. The lowest BCUT2D eigenvalue weighted by atomic mass is 9.93. The number of nitrogens with two attached hydrogens (primary N) is 1. The molecule has 1 unspecified atom stereocenters. The highest BCUT2D eigenvalue weighted by Crippen LogP contribution is 2.37. The third-order valence-corrected chi connectivity index (χ3v) is 6.33. The maximum Gasteiger partial charge on any atom is 0.469 e. The van der Waals surface area contributed by atoms with Crippen LogP contribution < -0.4 is 15.9 Å². The van der Waals surface area contributed by atoms with E-state index in [1.165, 1.54) is 30.3 Å². The molecule has 13 heteroatoms. The van der Waals surface area contributed by atoms with E-state index in [1.807, 2.05) is 0 Å². The molecule has 0 fully saturated rings. The van der Waals surface area contributed by atoms with Crippen LogP contribution in [0.3, 0.4) is 0 Å². The van der Waals surface area contributed by atoms with Crippen LogP contribution in [0.25, 0.3) is 21.9 Å². The van der Waals surface area contributed by atoms with Crippen LogP contribution in [-0.4, -0.2) is 33.6 Å². The molecule has 1 aromatic heterocycles. The number of phosphoric ester groups is 1. The maximum atomic E-state index is 13.3. The number of halogens is 3. The van der Waals surface area contributed by atoms with Gasteiger partial charge in [0.25, 0.3) is 0 Å². The highest BCUT2D eigenvalue weighted by atomic mass is 31.2. The second-order valence-corrected chi connectivity index (χ2v) is 10.1. The smallest absolute Gasteiger partial charge is 0.457 e. The van der Waals surface area contributed by atoms with Crippen LogP contribution >= 0.6 is 7.82 Å². The number of aliphatic hydroxyl groups excluding tert-OH is 1. The first-order valence-corrected chi connectivity index (χ1v) is 12.7. The Kier molecular flexibility index (Phi) is 7.67. The molecular formula is C25H23F3NO8P. The normalized spacial score (nSPS) is 14.1. The molecule has 4 aromatic rings. The summed E-state index contributed by atoms with van der Waals surface area (Å²) in [7, 11) is -4.77. The monoisotopic (exact) mass is 553 g/mol. The average Bonchev–Trinajstić information content (AvgIpc) is 2.86. The molecule has 0 aliphatic rings. The lowest BCUT2D eigenvalue weighted by molar-refractivity contribution is -0.137. The van der Waals surface area contributed by atoms with Crippen molar-refractivity contribution in [3.8, 4) is 11.5 Å². The van der Waals surface area contributed by atoms with Crippen LogP contribution in [0.1, 0.15) is 17.5 Å². The van der Waals surface area contributed by atoms with Gasteiger partial charge in [-0.25, -0.2) is 4.57 Å². The Labute approximate surface area is 213 Å². The lowest BCUT2D eigenvalue weighted by Crippen LogP contribution is -2.48. The van der Waals surface area contributed by atoms with Gasteiger partial charge in [0, 0.05) is 0 Å². The highest BCUT2D eigenvalue weighted by molar-refractivity contribution is 7.46. The minimum absolute atomic E-state index is 0.0963. The Bertz CT molecular complexity index is 1570. The summed E-state index contributed by atoms with van der Waals surface area (Å²) in [5.74, 6) is 0.377. The van der Waals surface area contributed by atoms with E-state index in [1.54, 1.807) is 18.2 Å². The number of fused-ring (bicyclic) bond motifs is 2. The van der Waals surface area contributed by atoms with Crippen LogP contribution in [0, 0.1) is 0 Å². The number of benzene rings is 3. The first-order valence-electron chi connectivity index (χ1n) is 11.2. The number of ether oxygens (including phenoxy) is 1. The largest absolute Gasteiger partial charge is 0.469 e. The van der Waals surface area contributed by atoms with E-state index in [2.05, 4.69) is 4.52 Å². The van der Waals surface area contributed by atoms with Crippen LogP contribution in [-0.2, 0) is 21.7 Å². The number of alkyl halides is 3. The van der Waals surface area contributed by atoms with Gasteiger partial charge in [-0.1, -0.05) is 6.07 Å². The molecule has 0 bridgehead atoms. The van der Waals surface area contributed by atoms with E-state index >= 15 is 0 Å². The molecule has 202 valence electrons. The summed E-state index contributed by atoms with van der Waals surface area (Å²) >= 11 is 0. The number of rotatable bonds is 9. The fourth-order valence-corrected chi connectivity index (χ4v) is 4.18. The molecule has 9 nitrogen and oxygen atoms in total. The van der Waals surface area contributed by atoms with Crippen molar-refractivity contribution in [3.63, 3.8) is 0 Å². The molecular weight excluding hydrogens is 530 g/mol. The van der Waals surface area contributed by atoms with Crippen LogP contribution in [0.15, 0.2) is 69.9 Å². The summed E-state index contributed by atoms with van der Waals surface area (Å²) in [5, 5.41) is 10.0. The van der Waals surface area contributed by atoms with Gasteiger partial charge >= 0.3 is 14.0 Å². The highest BCUT2D eigenvalue weighted by Gasteiger charge is 2.30. The molecule has 5 N–H and O–H groups in total. The van der Waals surface area contributed by atoms with E-state index in [0.717, 1.165) is 12.1 Å². The van der Waals surface area contributed by atoms with Crippen molar-refractivity contribution < 1.29 is 46.3 Å². The SMILES string of the molecule is NC(CO)(CCc1ccc2oc3ccc(Oc4ccc(C(F)(F)F)cc4)cc3c(=O)c2c1)COP(=O)(O)O. The summed E-state index contributed by atoms with van der Waals surface area (Å²) in [6.45, 7) is -1.16. The van der Waals surface area contributed by atoms with Gasteiger partial charge in [0.05, 0.1) is 35.1 Å². The molecule has 0 radical (unpaired) electrons. The van der Waals surface area contributed by atoms with Crippen molar-refractivity contribution in [2.75, 3.05) is 13.2 Å². The van der Waals surface area contributed by atoms with Gasteiger partial charge in [0.15, 0.2) is 0 Å². The summed E-state index contributed by atoms with van der Waals surface area (Å²) in [4.78, 5) is 31.1. The fraction of sp³-hybridized carbons (Fsp3) is 0.240. The van der Waals surface area contributed by atoms with Crippen molar-refractivity contribution >= 4 is 29.8 Å². The molecule has 0 aliphatic carbocycles. The number of aryl methyl sites for hydroxylation is 1. The second kappa shape index (κ2) is 10.5. The molecule has 0 aliphatic heterocycles. The van der Waals surface area contributed by atoms with Crippen LogP contribution in [0.5, 0.6) is 11.5 Å². The average molecular weight is 553 g/mol. The quantitative estimate of drug-likeness (QED) is 0.174. The molecule has 1 heterocycles. The number of hydrogen-bond donors (Lipinski definition) is 4. The molecule has 0 amide bonds. The standard InChI is InChI=1S/C25H23F3NO8P/c26-25(27,28)16-2-4-17(5-3-16)36-18-6-8-22-20(12-18)23(31)19-11-15(1-7-21(19)37-22)9-10-24(29,13-30)14-35-38(32,33)34/h1-8,11-12,30H,9-10,13-14,29H2,(H2,32,33,34). The zero-order chi connectivity index (χ0) is 27.7. The van der Waals surface area contributed by atoms with Crippen LogP contribution in [0.2, 0.25) is 0 Å². The van der Waals surface area contributed by atoms with Crippen LogP contribution in [0.4, 0.5) is 13.2 Å². The molecule has 0 spiro atoms. The first-order chi connectivity index (χ1) is 17.8. The summed E-state index contributed by atoms with van der Waals surface area (Å²) in [5.41, 5.74) is 4.66. The number of phosphoric acid groups is 1. The third kappa shape index (κ3) is 6.60. The van der Waals surface area contributed by atoms with E-state index in [4.69, 9.17) is 24.7 Å². The Morgan fingerprint density at radius 1 is 0.921 bits per heavy atom. The summed E-state index contributed by atoms with van der Waals surface area (Å²) in [6, 6.07) is 13.5. The molecule has 0 saturated heterocycles. The van der Waals surface area contributed by atoms with E-state index in [9.17, 15) is 27.6 Å². The predicted molar refractivity (Wildman–Crippen MR) is 132 cm³/mol. The van der Waals surface area contributed by atoms with Gasteiger partial charge in [-0.15, -0.1) is 0 Å². The predicted octanol–water partition coefficient (Wildman–Crippen LogP) is 4.49. The Balaban J connectivity index is 1.58. The fourth-order valence-electron chi connectivity index (χ4n) is 3.75. The zero-order valence-corrected chi connectivity index (χ0v) is 20.5. The zero-order valence-electron chi connectivity index (χ0n) is 19.6. The van der Waals surface area contributed by atoms with Crippen molar-refractivity contribution in [3.05, 3.63) is 82.0 Å². The molecule has 38 heavy (non-hydrogen) atoms. The van der Waals surface area contributed by atoms with Gasteiger partial charge in [-0.2, -0.15) is 13.2 Å². The summed E-state index contributed by atoms with van der Waals surface area (Å²) < 4.78 is 65.2. The van der Waals surface area contributed by atoms with Crippen molar-refractivity contribution in [1.82, 2.24) is 0 Å². The van der Waals surface area contributed by atoms with Gasteiger partial charge in [-0.05, 0) is 73.0 Å². The Morgan fingerprint density at radius 3 is 2.13 bits per heavy atom. The number of aliphatic hydroxyl groups is 1. The molecule has 0 saturated carbocycles. The van der Waals surface area contributed by atoms with E-state index in [0.29, 0.717) is 11.1 Å². The lowest BCUT2D eigenvalue weighted by Gasteiger charge is -2.27. The first kappa shape index (κ1) is 27.8. The minimum atomic E-state index is -4.77. The van der Waals surface area contributed by atoms with Crippen molar-refractivity contribution in [2.45, 2.75) is 24.6 Å². The third-order valence-electron chi connectivity index (χ3n) is 5.87. The van der Waals surface area contributed by atoms with Crippen molar-refractivity contribution in [2.24, 2.45) is 5.73 Å². The molecule has 1 atom stereocenters. The Hall–Kier alpha value is -3.25. The van der Waals surface area contributed by atoms with Gasteiger partial charge in [0.1, 0.15) is 22.7 Å². The van der Waals surface area contributed by atoms with Gasteiger partial charge in [-0.3, -0.25) is 9.32 Å². The topological polar surface area (TPSA) is 152 Å². The summed E-state index contributed by atoms with van der Waals surface area (Å²) in [6.07, 6.45) is -4.12. The van der Waals surface area contributed by atoms with Gasteiger partial charge < -0.3 is 29.8 Å². The maximum absolute atomic E-state index is 13.3. The van der Waals surface area contributed by atoms with E-state index in [-0.39, 0.29) is 46.1 Å². The minimum Gasteiger partial charge on any atom is -0.457 e.